The summed E-state index contributed by atoms with van der Waals surface area (Å²) in [5.41, 5.74) is 2.64. The van der Waals surface area contributed by atoms with E-state index in [2.05, 4.69) is 41.5 Å². The lowest BCUT2D eigenvalue weighted by Gasteiger charge is -2.36. The molecule has 0 aliphatic carbocycles. The third-order valence-corrected chi connectivity index (χ3v) is 4.19. The predicted octanol–water partition coefficient (Wildman–Crippen LogP) is 0.475. The van der Waals surface area contributed by atoms with Gasteiger partial charge in [0.05, 0.1) is 6.04 Å². The van der Waals surface area contributed by atoms with Crippen LogP contribution in [0, 0.1) is 0 Å². The first kappa shape index (κ1) is 12.6. The molecule has 1 N–H and O–H groups in total. The highest BCUT2D eigenvalue weighted by Crippen LogP contribution is 2.17. The van der Waals surface area contributed by atoms with Crippen LogP contribution in [0.2, 0.25) is 0 Å². The maximum Gasteiger partial charge on any atom is 0.240 e. The third-order valence-electron chi connectivity index (χ3n) is 4.19. The summed E-state index contributed by atoms with van der Waals surface area (Å²) >= 11 is 0. The first-order chi connectivity index (χ1) is 9.24. The first-order valence-electron chi connectivity index (χ1n) is 7.01. The van der Waals surface area contributed by atoms with Crippen LogP contribution in [0.5, 0.6) is 0 Å². The van der Waals surface area contributed by atoms with Crippen molar-refractivity contribution in [2.24, 2.45) is 0 Å². The third kappa shape index (κ3) is 2.65. The largest absolute Gasteiger partial charge is 0.339 e. The molecule has 4 nitrogen and oxygen atoms in total. The molecule has 102 valence electrons. The van der Waals surface area contributed by atoms with E-state index in [4.69, 9.17) is 0 Å². The summed E-state index contributed by atoms with van der Waals surface area (Å²) in [5, 5.41) is 3.38. The number of hydrogen-bond acceptors (Lipinski definition) is 3. The lowest BCUT2D eigenvalue weighted by atomic mass is 9.95. The summed E-state index contributed by atoms with van der Waals surface area (Å²) < 4.78 is 0. The number of amides is 1. The molecule has 0 radical (unpaired) electrons. The number of nitrogens with zero attached hydrogens (tertiary/aromatic N) is 2. The molecule has 1 fully saturated rings. The molecule has 1 atom stereocenters. The number of likely N-dealkylation sites (N-methyl/N-ethyl adjacent to an activating group) is 1. The van der Waals surface area contributed by atoms with Crippen molar-refractivity contribution < 1.29 is 4.79 Å². The van der Waals surface area contributed by atoms with Crippen LogP contribution < -0.4 is 5.32 Å². The van der Waals surface area contributed by atoms with Crippen molar-refractivity contribution in [3.63, 3.8) is 0 Å². The second kappa shape index (κ2) is 5.31. The molecule has 19 heavy (non-hydrogen) atoms. The van der Waals surface area contributed by atoms with E-state index in [1.165, 1.54) is 11.1 Å². The molecular formula is C15H21N3O. The van der Waals surface area contributed by atoms with Gasteiger partial charge in [0.1, 0.15) is 0 Å². The molecule has 1 amide bonds. The zero-order valence-electron chi connectivity index (χ0n) is 11.4. The molecule has 0 bridgehead atoms. The Hall–Kier alpha value is -1.39. The van der Waals surface area contributed by atoms with Gasteiger partial charge in [-0.3, -0.25) is 4.79 Å². The van der Waals surface area contributed by atoms with Gasteiger partial charge in [-0.2, -0.15) is 0 Å². The predicted molar refractivity (Wildman–Crippen MR) is 74.9 cm³/mol. The Kier molecular flexibility index (Phi) is 3.53. The van der Waals surface area contributed by atoms with Crippen molar-refractivity contribution in [2.45, 2.75) is 19.0 Å². The summed E-state index contributed by atoms with van der Waals surface area (Å²) in [4.78, 5) is 16.8. The number of nitrogens with one attached hydrogen (secondary N) is 1. The van der Waals surface area contributed by atoms with Gasteiger partial charge in [0.2, 0.25) is 5.91 Å². The number of benzene rings is 1. The van der Waals surface area contributed by atoms with Crippen molar-refractivity contribution in [1.82, 2.24) is 15.1 Å². The lowest BCUT2D eigenvalue weighted by molar-refractivity contribution is -0.135. The zero-order chi connectivity index (χ0) is 13.2. The number of fused-ring (bicyclic) bond motifs is 1. The Balaban J connectivity index is 1.66. The minimum Gasteiger partial charge on any atom is -0.339 e. The Morgan fingerprint density at radius 2 is 1.84 bits per heavy atom. The Labute approximate surface area is 114 Å². The van der Waals surface area contributed by atoms with Gasteiger partial charge in [0.25, 0.3) is 0 Å². The first-order valence-corrected chi connectivity index (χ1v) is 7.01. The summed E-state index contributed by atoms with van der Waals surface area (Å²) in [6.07, 6.45) is 0.821. The normalized spacial score (nSPS) is 24.1. The maximum atomic E-state index is 12.5. The van der Waals surface area contributed by atoms with Crippen molar-refractivity contribution in [1.29, 1.82) is 0 Å². The average molecular weight is 259 g/mol. The minimum atomic E-state index is -0.0432. The minimum absolute atomic E-state index is 0.0432. The second-order valence-corrected chi connectivity index (χ2v) is 5.53. The fourth-order valence-electron chi connectivity index (χ4n) is 2.88. The van der Waals surface area contributed by atoms with Gasteiger partial charge >= 0.3 is 0 Å². The average Bonchev–Trinajstić information content (AvgIpc) is 2.47. The van der Waals surface area contributed by atoms with Gasteiger partial charge in [-0.05, 0) is 24.6 Å². The Morgan fingerprint density at radius 3 is 2.58 bits per heavy atom. The maximum absolute atomic E-state index is 12.5. The van der Waals surface area contributed by atoms with Crippen LogP contribution in [-0.2, 0) is 17.8 Å². The molecule has 4 heteroatoms. The van der Waals surface area contributed by atoms with Crippen LogP contribution in [0.3, 0.4) is 0 Å². The molecule has 0 saturated carbocycles. The molecular weight excluding hydrogens is 238 g/mol. The fourth-order valence-corrected chi connectivity index (χ4v) is 2.88. The van der Waals surface area contributed by atoms with E-state index in [1.807, 2.05) is 4.90 Å². The van der Waals surface area contributed by atoms with E-state index in [0.717, 1.165) is 39.1 Å². The molecule has 1 saturated heterocycles. The van der Waals surface area contributed by atoms with Crippen LogP contribution in [-0.4, -0.2) is 55.0 Å². The van der Waals surface area contributed by atoms with E-state index in [0.29, 0.717) is 0 Å². The molecule has 0 unspecified atom stereocenters. The molecule has 2 aliphatic heterocycles. The van der Waals surface area contributed by atoms with Gasteiger partial charge in [0, 0.05) is 32.7 Å². The highest BCUT2D eigenvalue weighted by Gasteiger charge is 2.29. The number of hydrogen-bond donors (Lipinski definition) is 1. The standard InChI is InChI=1S/C15H21N3O/c1-17-6-8-18(9-7-17)15(19)14-10-12-4-2-3-5-13(12)11-16-14/h2-5,14,16H,6-11H2,1H3/t14-/m0/s1. The molecule has 2 aliphatic rings. The topological polar surface area (TPSA) is 35.6 Å². The summed E-state index contributed by atoms with van der Waals surface area (Å²) in [7, 11) is 2.11. The summed E-state index contributed by atoms with van der Waals surface area (Å²) in [6, 6.07) is 8.35. The number of carbonyl (C=O) groups is 1. The SMILES string of the molecule is CN1CCN(C(=O)[C@@H]2Cc3ccccc3CN2)CC1. The van der Waals surface area contributed by atoms with E-state index < -0.39 is 0 Å². The van der Waals surface area contributed by atoms with E-state index in [1.54, 1.807) is 0 Å². The van der Waals surface area contributed by atoms with Crippen LogP contribution in [0.15, 0.2) is 24.3 Å². The van der Waals surface area contributed by atoms with Crippen molar-refractivity contribution in [3.05, 3.63) is 35.4 Å². The second-order valence-electron chi connectivity index (χ2n) is 5.53. The van der Waals surface area contributed by atoms with Crippen LogP contribution >= 0.6 is 0 Å². The highest BCUT2D eigenvalue weighted by molar-refractivity contribution is 5.82. The smallest absolute Gasteiger partial charge is 0.240 e. The van der Waals surface area contributed by atoms with Crippen molar-refractivity contribution in [2.75, 3.05) is 33.2 Å². The molecule has 1 aromatic rings. The summed E-state index contributed by atoms with van der Waals surface area (Å²) in [5.74, 6) is 0.266. The lowest BCUT2D eigenvalue weighted by Crippen LogP contribution is -2.54. The molecule has 0 spiro atoms. The van der Waals surface area contributed by atoms with E-state index in [-0.39, 0.29) is 11.9 Å². The molecule has 0 aromatic heterocycles. The van der Waals surface area contributed by atoms with E-state index in [9.17, 15) is 4.79 Å². The van der Waals surface area contributed by atoms with E-state index >= 15 is 0 Å². The van der Waals surface area contributed by atoms with Gasteiger partial charge in [0.15, 0.2) is 0 Å². The highest BCUT2D eigenvalue weighted by atomic mass is 16.2. The fraction of sp³-hybridized carbons (Fsp3) is 0.533. The van der Waals surface area contributed by atoms with Gasteiger partial charge < -0.3 is 15.1 Å². The number of carbonyl (C=O) groups excluding carboxylic acids is 1. The van der Waals surface area contributed by atoms with Crippen molar-refractivity contribution in [3.8, 4) is 0 Å². The number of rotatable bonds is 1. The molecule has 2 heterocycles. The van der Waals surface area contributed by atoms with Crippen LogP contribution in [0.25, 0.3) is 0 Å². The van der Waals surface area contributed by atoms with Gasteiger partial charge in [-0.1, -0.05) is 24.3 Å². The van der Waals surface area contributed by atoms with Crippen LogP contribution in [0.1, 0.15) is 11.1 Å². The van der Waals surface area contributed by atoms with Crippen LogP contribution in [0.4, 0.5) is 0 Å². The molecule has 1 aromatic carbocycles. The molecule has 3 rings (SSSR count). The van der Waals surface area contributed by atoms with Gasteiger partial charge in [-0.15, -0.1) is 0 Å². The zero-order valence-corrected chi connectivity index (χ0v) is 11.4. The van der Waals surface area contributed by atoms with Crippen molar-refractivity contribution >= 4 is 5.91 Å². The van der Waals surface area contributed by atoms with Gasteiger partial charge in [-0.25, -0.2) is 0 Å². The Morgan fingerprint density at radius 1 is 1.16 bits per heavy atom. The Bertz CT molecular complexity index is 466. The monoisotopic (exact) mass is 259 g/mol. The summed E-state index contributed by atoms with van der Waals surface area (Å²) in [6.45, 7) is 4.48. The quantitative estimate of drug-likeness (QED) is 0.796. The number of piperazine rings is 1.